The van der Waals surface area contributed by atoms with Crippen LogP contribution in [0.15, 0.2) is 36.7 Å². The summed E-state index contributed by atoms with van der Waals surface area (Å²) in [5, 5.41) is 1.20. The Morgan fingerprint density at radius 3 is 2.66 bits per heavy atom. The molecule has 0 aliphatic carbocycles. The van der Waals surface area contributed by atoms with Crippen molar-refractivity contribution in [2.45, 2.75) is 52.0 Å². The zero-order chi connectivity index (χ0) is 20.4. The van der Waals surface area contributed by atoms with Crippen LogP contribution in [0.25, 0.3) is 28.4 Å². The summed E-state index contributed by atoms with van der Waals surface area (Å²) in [6, 6.07) is 5.91. The SMILES string of the molecule is CCCC(CCC)c1c2n(c3cc(C(=O)OC)ccc13)CC=Cc1nccnc1-2. The highest BCUT2D eigenvalue weighted by Crippen LogP contribution is 2.43. The number of hydrogen-bond acceptors (Lipinski definition) is 4. The molecule has 3 heterocycles. The molecule has 0 N–H and O–H groups in total. The predicted octanol–water partition coefficient (Wildman–Crippen LogP) is 5.60. The van der Waals surface area contributed by atoms with Crippen molar-refractivity contribution in [3.8, 4) is 11.4 Å². The van der Waals surface area contributed by atoms with Gasteiger partial charge in [0.15, 0.2) is 0 Å². The van der Waals surface area contributed by atoms with Gasteiger partial charge in [0.25, 0.3) is 0 Å². The number of methoxy groups -OCH3 is 1. The average Bonchev–Trinajstić information content (AvgIpc) is 2.94. The minimum atomic E-state index is -0.313. The molecule has 1 aliphatic rings. The van der Waals surface area contributed by atoms with Crippen molar-refractivity contribution in [3.63, 3.8) is 0 Å². The number of fused-ring (bicyclic) bond motifs is 5. The fraction of sp³-hybridized carbons (Fsp3) is 0.375. The van der Waals surface area contributed by atoms with Crippen LogP contribution in [-0.4, -0.2) is 27.6 Å². The Morgan fingerprint density at radius 1 is 1.17 bits per heavy atom. The van der Waals surface area contributed by atoms with Gasteiger partial charge in [-0.25, -0.2) is 4.79 Å². The number of esters is 1. The Balaban J connectivity index is 2.06. The van der Waals surface area contributed by atoms with Gasteiger partial charge in [-0.05, 0) is 42.5 Å². The van der Waals surface area contributed by atoms with E-state index in [4.69, 9.17) is 9.72 Å². The van der Waals surface area contributed by atoms with E-state index < -0.39 is 0 Å². The molecule has 0 atom stereocenters. The quantitative estimate of drug-likeness (QED) is 0.515. The first kappa shape index (κ1) is 19.4. The van der Waals surface area contributed by atoms with Crippen molar-refractivity contribution in [2.75, 3.05) is 7.11 Å². The lowest BCUT2D eigenvalue weighted by Crippen LogP contribution is -2.05. The van der Waals surface area contributed by atoms with E-state index in [0.717, 1.165) is 54.8 Å². The molecule has 4 rings (SSSR count). The molecule has 0 fully saturated rings. The van der Waals surface area contributed by atoms with E-state index in [1.54, 1.807) is 12.4 Å². The Bertz CT molecular complexity index is 1080. The van der Waals surface area contributed by atoms with Gasteiger partial charge < -0.3 is 9.30 Å². The minimum absolute atomic E-state index is 0.313. The molecule has 0 spiro atoms. The van der Waals surface area contributed by atoms with E-state index in [2.05, 4.69) is 35.5 Å². The van der Waals surface area contributed by atoms with Crippen molar-refractivity contribution < 1.29 is 9.53 Å². The lowest BCUT2D eigenvalue weighted by Gasteiger charge is -2.18. The summed E-state index contributed by atoms with van der Waals surface area (Å²) >= 11 is 0. The second-order valence-corrected chi connectivity index (χ2v) is 7.56. The molecular formula is C24H27N3O2. The maximum Gasteiger partial charge on any atom is 0.337 e. The minimum Gasteiger partial charge on any atom is -0.465 e. The first-order valence-corrected chi connectivity index (χ1v) is 10.4. The summed E-state index contributed by atoms with van der Waals surface area (Å²) in [5.41, 5.74) is 5.92. The summed E-state index contributed by atoms with van der Waals surface area (Å²) in [7, 11) is 1.42. The molecule has 0 radical (unpaired) electrons. The molecule has 29 heavy (non-hydrogen) atoms. The highest BCUT2D eigenvalue weighted by molar-refractivity contribution is 5.99. The van der Waals surface area contributed by atoms with Crippen LogP contribution < -0.4 is 0 Å². The molecule has 0 amide bonds. The van der Waals surface area contributed by atoms with Gasteiger partial charge in [0.1, 0.15) is 5.69 Å². The Labute approximate surface area is 171 Å². The molecule has 5 heteroatoms. The smallest absolute Gasteiger partial charge is 0.337 e. The molecule has 0 saturated carbocycles. The van der Waals surface area contributed by atoms with Crippen LogP contribution in [0.1, 0.15) is 67.1 Å². The Hall–Kier alpha value is -2.95. The van der Waals surface area contributed by atoms with Gasteiger partial charge in [-0.1, -0.05) is 38.8 Å². The van der Waals surface area contributed by atoms with Crippen molar-refractivity contribution >= 4 is 22.9 Å². The highest BCUT2D eigenvalue weighted by atomic mass is 16.5. The Morgan fingerprint density at radius 2 is 1.93 bits per heavy atom. The lowest BCUT2D eigenvalue weighted by atomic mass is 9.87. The molecule has 0 bridgehead atoms. The Kier molecular flexibility index (Phi) is 5.47. The molecule has 150 valence electrons. The van der Waals surface area contributed by atoms with Crippen LogP contribution >= 0.6 is 0 Å². The maximum atomic E-state index is 12.2. The zero-order valence-corrected chi connectivity index (χ0v) is 17.3. The van der Waals surface area contributed by atoms with Crippen LogP contribution in [0.5, 0.6) is 0 Å². The van der Waals surface area contributed by atoms with Crippen LogP contribution in [0.3, 0.4) is 0 Å². The first-order valence-electron chi connectivity index (χ1n) is 10.4. The van der Waals surface area contributed by atoms with Gasteiger partial charge in [-0.3, -0.25) is 9.97 Å². The van der Waals surface area contributed by atoms with Gasteiger partial charge in [0.2, 0.25) is 0 Å². The third-order valence-corrected chi connectivity index (χ3v) is 5.72. The summed E-state index contributed by atoms with van der Waals surface area (Å²) in [4.78, 5) is 21.5. The second kappa shape index (κ2) is 8.19. The number of ether oxygens (including phenoxy) is 1. The molecule has 0 unspecified atom stereocenters. The molecule has 1 aromatic carbocycles. The monoisotopic (exact) mass is 389 g/mol. The van der Waals surface area contributed by atoms with E-state index in [9.17, 15) is 4.79 Å². The van der Waals surface area contributed by atoms with Crippen molar-refractivity contribution in [1.29, 1.82) is 0 Å². The van der Waals surface area contributed by atoms with Crippen LogP contribution in [0.2, 0.25) is 0 Å². The molecule has 1 aliphatic heterocycles. The summed E-state index contributed by atoms with van der Waals surface area (Å²) in [5.74, 6) is 0.132. The predicted molar refractivity (Wildman–Crippen MR) is 116 cm³/mol. The van der Waals surface area contributed by atoms with Crippen molar-refractivity contribution in [2.24, 2.45) is 0 Å². The number of hydrogen-bond donors (Lipinski definition) is 0. The van der Waals surface area contributed by atoms with Crippen molar-refractivity contribution in [1.82, 2.24) is 14.5 Å². The summed E-state index contributed by atoms with van der Waals surface area (Å²) in [6.07, 6.45) is 12.2. The van der Waals surface area contributed by atoms with Crippen LogP contribution in [-0.2, 0) is 11.3 Å². The molecule has 0 saturated heterocycles. The third-order valence-electron chi connectivity index (χ3n) is 5.72. The number of rotatable bonds is 6. The van der Waals surface area contributed by atoms with E-state index in [-0.39, 0.29) is 5.97 Å². The first-order chi connectivity index (χ1) is 14.2. The fourth-order valence-electron chi connectivity index (χ4n) is 4.53. The molecular weight excluding hydrogens is 362 g/mol. The number of benzene rings is 1. The van der Waals surface area contributed by atoms with E-state index in [0.29, 0.717) is 11.5 Å². The summed E-state index contributed by atoms with van der Waals surface area (Å²) < 4.78 is 7.24. The second-order valence-electron chi connectivity index (χ2n) is 7.56. The topological polar surface area (TPSA) is 57.0 Å². The molecule has 2 aromatic heterocycles. The number of aromatic nitrogens is 3. The van der Waals surface area contributed by atoms with Gasteiger partial charge in [-0.2, -0.15) is 0 Å². The number of carbonyl (C=O) groups excluding carboxylic acids is 1. The van der Waals surface area contributed by atoms with Gasteiger partial charge in [0.05, 0.1) is 24.1 Å². The van der Waals surface area contributed by atoms with Gasteiger partial charge >= 0.3 is 5.97 Å². The van der Waals surface area contributed by atoms with Crippen molar-refractivity contribution in [3.05, 3.63) is 53.5 Å². The number of carbonyl (C=O) groups is 1. The third kappa shape index (κ3) is 3.35. The van der Waals surface area contributed by atoms with Gasteiger partial charge in [-0.15, -0.1) is 0 Å². The number of nitrogens with zero attached hydrogens (tertiary/aromatic N) is 3. The standard InChI is InChI=1S/C24H27N3O2/c1-4-7-16(8-5-2)21-18-11-10-17(24(28)29-3)15-20(18)27-14-6-9-19-22(23(21)27)26-13-12-25-19/h6,9-13,15-16H,4-5,7-8,14H2,1-3H3. The normalized spacial score (nSPS) is 12.7. The van der Waals surface area contributed by atoms with E-state index >= 15 is 0 Å². The summed E-state index contributed by atoms with van der Waals surface area (Å²) in [6.45, 7) is 5.20. The fourth-order valence-corrected chi connectivity index (χ4v) is 4.53. The van der Waals surface area contributed by atoms with Crippen LogP contribution in [0.4, 0.5) is 0 Å². The van der Waals surface area contributed by atoms with Gasteiger partial charge in [0, 0.05) is 29.8 Å². The maximum absolute atomic E-state index is 12.2. The number of allylic oxidation sites excluding steroid dienone is 1. The van der Waals surface area contributed by atoms with Crippen LogP contribution in [0, 0.1) is 0 Å². The molecule has 3 aromatic rings. The largest absolute Gasteiger partial charge is 0.465 e. The average molecular weight is 389 g/mol. The zero-order valence-electron chi connectivity index (χ0n) is 17.3. The van der Waals surface area contributed by atoms with E-state index in [1.807, 2.05) is 18.2 Å². The molecule has 5 nitrogen and oxygen atoms in total. The van der Waals surface area contributed by atoms with E-state index in [1.165, 1.54) is 18.1 Å². The highest BCUT2D eigenvalue weighted by Gasteiger charge is 2.27. The lowest BCUT2D eigenvalue weighted by molar-refractivity contribution is 0.0601.